The fraction of sp³-hybridized carbons (Fsp3) is 0.500. The van der Waals surface area contributed by atoms with Crippen LogP contribution < -0.4 is 0 Å². The molecule has 2 N–H and O–H groups in total. The van der Waals surface area contributed by atoms with Crippen LogP contribution in [-0.4, -0.2) is 31.8 Å². The molecule has 4 nitrogen and oxygen atoms in total. The number of rotatable bonds is 2. The topological polar surface area (TPSA) is 74.6 Å². The molecule has 0 saturated carbocycles. The van der Waals surface area contributed by atoms with Gasteiger partial charge in [0, 0.05) is 51.3 Å². The normalized spacial score (nSPS) is 9.65. The van der Waals surface area contributed by atoms with E-state index in [9.17, 15) is 27.2 Å². The Labute approximate surface area is 124 Å². The number of hydrogen-bond acceptors (Lipinski definition) is 2. The van der Waals surface area contributed by atoms with Gasteiger partial charge in [0.2, 0.25) is 0 Å². The summed E-state index contributed by atoms with van der Waals surface area (Å²) < 4.78 is 44.6. The van der Waals surface area contributed by atoms with Gasteiger partial charge >= 0.3 is 21.6 Å². The minimum atomic E-state index is -3.77. The quantitative estimate of drug-likeness (QED) is 0.297. The van der Waals surface area contributed by atoms with Crippen LogP contribution in [0, 0.1) is 6.92 Å². The molecule has 17 heavy (non-hydrogen) atoms. The summed E-state index contributed by atoms with van der Waals surface area (Å²) in [6.07, 6.45) is 0. The Kier molecular flexibility index (Phi) is 17.3. The first kappa shape index (κ1) is 25.9. The molecule has 0 spiro atoms. The van der Waals surface area contributed by atoms with E-state index in [0.29, 0.717) is 0 Å². The summed E-state index contributed by atoms with van der Waals surface area (Å²) in [6.45, 7) is 5.00. The van der Waals surface area contributed by atoms with E-state index in [0.717, 1.165) is 0 Å². The summed E-state index contributed by atoms with van der Waals surface area (Å²) in [6, 6.07) is 0. The molecule has 0 aliphatic heterocycles. The van der Waals surface area contributed by atoms with Crippen LogP contribution in [0.25, 0.3) is 0 Å². The second kappa shape index (κ2) is 11.3. The summed E-state index contributed by atoms with van der Waals surface area (Å²) in [4.78, 5) is 10.9. The van der Waals surface area contributed by atoms with Gasteiger partial charge in [-0.25, -0.2) is 9.59 Å². The van der Waals surface area contributed by atoms with E-state index in [-0.39, 0.29) is 19.5 Å². The first-order chi connectivity index (χ1) is 6.89. The molecular formula is C6H7Br2F4O4Zn-. The molecule has 0 fully saturated rings. The van der Waals surface area contributed by atoms with Crippen molar-refractivity contribution >= 4 is 43.8 Å². The van der Waals surface area contributed by atoms with Gasteiger partial charge in [-0.15, -0.1) is 0 Å². The number of halogens is 6. The van der Waals surface area contributed by atoms with E-state index in [1.807, 2.05) is 0 Å². The number of aliphatic carboxylic acids is 2. The van der Waals surface area contributed by atoms with Gasteiger partial charge in [0.25, 0.3) is 0 Å². The van der Waals surface area contributed by atoms with Crippen LogP contribution in [0.2, 0.25) is 0 Å². The SMILES string of the molecule is O=C(O)C(F)(F)Br.O=C(O)C(F)(F)Br.[CH2-]C.[Zn]. The van der Waals surface area contributed by atoms with E-state index < -0.39 is 21.6 Å². The van der Waals surface area contributed by atoms with Gasteiger partial charge in [-0.1, -0.05) is 0 Å². The van der Waals surface area contributed by atoms with Gasteiger partial charge in [0.15, 0.2) is 0 Å². The third-order valence-corrected chi connectivity index (χ3v) is 1.16. The molecule has 0 atom stereocenters. The molecule has 0 aliphatic carbocycles. The Bertz CT molecular complexity index is 205. The third kappa shape index (κ3) is 22.0. The van der Waals surface area contributed by atoms with Crippen molar-refractivity contribution in [2.24, 2.45) is 0 Å². The Hall–Kier alpha value is 0.243. The number of carboxylic acids is 2. The van der Waals surface area contributed by atoms with Crippen LogP contribution in [0.15, 0.2) is 0 Å². The zero-order valence-electron chi connectivity index (χ0n) is 8.39. The number of carboxylic acid groups (broad SMARTS) is 2. The van der Waals surface area contributed by atoms with E-state index >= 15 is 0 Å². The van der Waals surface area contributed by atoms with Gasteiger partial charge in [-0.2, -0.15) is 24.5 Å². The summed E-state index contributed by atoms with van der Waals surface area (Å²) in [7, 11) is 0. The van der Waals surface area contributed by atoms with Crippen molar-refractivity contribution in [1.82, 2.24) is 0 Å². The van der Waals surface area contributed by atoms with Gasteiger partial charge in [0.1, 0.15) is 0 Å². The van der Waals surface area contributed by atoms with Crippen molar-refractivity contribution < 1.29 is 56.8 Å². The minimum Gasteiger partial charge on any atom is -0.476 e. The molecule has 0 aliphatic rings. The number of hydrogen-bond donors (Lipinski definition) is 2. The Morgan fingerprint density at radius 3 is 1.00 bits per heavy atom. The molecule has 0 rings (SSSR count). The van der Waals surface area contributed by atoms with Crippen LogP contribution >= 0.6 is 31.9 Å². The summed E-state index contributed by atoms with van der Waals surface area (Å²) in [5, 5.41) is 14.9. The van der Waals surface area contributed by atoms with Gasteiger partial charge in [-0.3, -0.25) is 0 Å². The van der Waals surface area contributed by atoms with E-state index in [2.05, 4.69) is 6.92 Å². The molecule has 0 bridgehead atoms. The standard InChI is InChI=1S/2C2HBrF2O2.C2H5.Zn/c2*3-2(4,5)1(6)7;1-2;/h2*(H,6,7);1H2,2H3;/q;;-1;. The predicted octanol–water partition coefficient (Wildman–Crippen LogP) is 2.96. The van der Waals surface area contributed by atoms with E-state index in [4.69, 9.17) is 10.2 Å². The number of alkyl halides is 6. The van der Waals surface area contributed by atoms with Crippen LogP contribution in [-0.2, 0) is 29.1 Å². The van der Waals surface area contributed by atoms with Crippen LogP contribution in [0.5, 0.6) is 0 Å². The average molecular weight is 444 g/mol. The fourth-order valence-electron chi connectivity index (χ4n) is 0. The molecule has 0 radical (unpaired) electrons. The van der Waals surface area contributed by atoms with Crippen LogP contribution in [0.1, 0.15) is 6.92 Å². The summed E-state index contributed by atoms with van der Waals surface area (Å²) >= 11 is 3.22. The predicted molar refractivity (Wildman–Crippen MR) is 54.1 cm³/mol. The van der Waals surface area contributed by atoms with Crippen molar-refractivity contribution in [1.29, 1.82) is 0 Å². The summed E-state index contributed by atoms with van der Waals surface area (Å²) in [5.74, 6) is -4.35. The summed E-state index contributed by atoms with van der Waals surface area (Å²) in [5.41, 5.74) is 0. The van der Waals surface area contributed by atoms with Crippen molar-refractivity contribution in [3.8, 4) is 0 Å². The molecular weight excluding hydrogens is 437 g/mol. The molecule has 11 heteroatoms. The maximum absolute atomic E-state index is 11.2. The third-order valence-electron chi connectivity index (χ3n) is 0.485. The first-order valence-electron chi connectivity index (χ1n) is 3.20. The Morgan fingerprint density at radius 2 is 1.00 bits per heavy atom. The van der Waals surface area contributed by atoms with Gasteiger partial charge < -0.3 is 17.1 Å². The van der Waals surface area contributed by atoms with Crippen molar-refractivity contribution in [3.05, 3.63) is 6.92 Å². The maximum Gasteiger partial charge on any atom is 0.395 e. The molecule has 0 saturated heterocycles. The Morgan fingerprint density at radius 1 is 0.941 bits per heavy atom. The van der Waals surface area contributed by atoms with Gasteiger partial charge in [-0.05, 0) is 0 Å². The van der Waals surface area contributed by atoms with Crippen molar-refractivity contribution in [3.63, 3.8) is 0 Å². The molecule has 0 aromatic carbocycles. The van der Waals surface area contributed by atoms with E-state index in [1.165, 1.54) is 0 Å². The second-order valence-corrected chi connectivity index (χ2v) is 3.60. The molecule has 0 aromatic rings. The average Bonchev–Trinajstić information content (AvgIpc) is 2.05. The maximum atomic E-state index is 11.2. The molecule has 0 unspecified atom stereocenters. The van der Waals surface area contributed by atoms with Gasteiger partial charge in [0.05, 0.1) is 0 Å². The largest absolute Gasteiger partial charge is 0.476 e. The fourth-order valence-corrected chi connectivity index (χ4v) is 0. The molecule has 0 amide bonds. The minimum absolute atomic E-state index is 0. The zero-order valence-corrected chi connectivity index (χ0v) is 14.5. The number of carbonyl (C=O) groups is 2. The smallest absolute Gasteiger partial charge is 0.395 e. The Balaban J connectivity index is -0.0000000823. The van der Waals surface area contributed by atoms with Crippen LogP contribution in [0.4, 0.5) is 17.6 Å². The zero-order chi connectivity index (χ0) is 14.2. The van der Waals surface area contributed by atoms with Crippen LogP contribution in [0.3, 0.4) is 0 Å². The molecule has 0 aromatic heterocycles. The van der Waals surface area contributed by atoms with E-state index in [1.54, 1.807) is 38.8 Å². The van der Waals surface area contributed by atoms with Crippen molar-refractivity contribution in [2.75, 3.05) is 0 Å². The first-order valence-corrected chi connectivity index (χ1v) is 4.78. The molecule has 100 valence electrons. The second-order valence-electron chi connectivity index (χ2n) is 1.61. The monoisotopic (exact) mass is 441 g/mol. The molecule has 0 heterocycles. The van der Waals surface area contributed by atoms with Crippen molar-refractivity contribution in [2.45, 2.75) is 16.6 Å².